The van der Waals surface area contributed by atoms with Gasteiger partial charge in [-0.2, -0.15) is 0 Å². The van der Waals surface area contributed by atoms with E-state index in [2.05, 4.69) is 4.98 Å². The molecule has 0 spiro atoms. The summed E-state index contributed by atoms with van der Waals surface area (Å²) < 4.78 is 19.9. The highest BCUT2D eigenvalue weighted by Gasteiger charge is 2.44. The number of aliphatic hydroxyl groups is 1. The molecule has 2 heterocycles. The van der Waals surface area contributed by atoms with E-state index in [9.17, 15) is 14.3 Å². The van der Waals surface area contributed by atoms with E-state index >= 15 is 0 Å². The summed E-state index contributed by atoms with van der Waals surface area (Å²) in [6.45, 7) is 1.25. The molecule has 5 rings (SSSR count). The summed E-state index contributed by atoms with van der Waals surface area (Å²) in [5.41, 5.74) is 7.19. The maximum atomic E-state index is 13.2. The lowest BCUT2D eigenvalue weighted by molar-refractivity contribution is -0.0231. The SMILES string of the molecule is Nc1nc2cccc(C(=O)N3C[C@H]4C[C@@H](Oc5ccc(F)cc5)[C@H](O)C[C@H]4C3)c2s1. The van der Waals surface area contributed by atoms with E-state index in [4.69, 9.17) is 10.5 Å². The first kappa shape index (κ1) is 19.3. The normalized spacial score (nSPS) is 26.0. The van der Waals surface area contributed by atoms with Crippen LogP contribution in [0.3, 0.4) is 0 Å². The van der Waals surface area contributed by atoms with Crippen LogP contribution < -0.4 is 10.5 Å². The van der Waals surface area contributed by atoms with Crippen molar-refractivity contribution in [1.82, 2.24) is 9.88 Å². The van der Waals surface area contributed by atoms with E-state index in [1.54, 1.807) is 12.1 Å². The number of nitrogens with two attached hydrogens (primary N) is 1. The van der Waals surface area contributed by atoms with Crippen LogP contribution in [-0.4, -0.2) is 46.2 Å². The zero-order chi connectivity index (χ0) is 20.8. The van der Waals surface area contributed by atoms with Crippen LogP contribution >= 0.6 is 11.3 Å². The second kappa shape index (κ2) is 7.52. The fourth-order valence-corrected chi connectivity index (χ4v) is 5.51. The summed E-state index contributed by atoms with van der Waals surface area (Å²) >= 11 is 1.33. The number of ether oxygens (including phenoxy) is 1. The molecular weight excluding hydrogens is 405 g/mol. The monoisotopic (exact) mass is 427 g/mol. The van der Waals surface area contributed by atoms with Gasteiger partial charge < -0.3 is 20.5 Å². The summed E-state index contributed by atoms with van der Waals surface area (Å²) in [7, 11) is 0. The molecule has 1 aromatic heterocycles. The maximum absolute atomic E-state index is 13.2. The zero-order valence-electron chi connectivity index (χ0n) is 16.2. The number of nitrogen functional groups attached to an aromatic ring is 1. The molecule has 2 fully saturated rings. The molecule has 30 heavy (non-hydrogen) atoms. The number of rotatable bonds is 3. The van der Waals surface area contributed by atoms with Crippen molar-refractivity contribution >= 4 is 32.6 Å². The molecule has 2 aliphatic rings. The predicted molar refractivity (Wildman–Crippen MR) is 113 cm³/mol. The number of likely N-dealkylation sites (tertiary alicyclic amines) is 1. The Balaban J connectivity index is 1.31. The fraction of sp³-hybridized carbons (Fsp3) is 0.364. The van der Waals surface area contributed by atoms with Crippen LogP contribution in [0, 0.1) is 17.7 Å². The largest absolute Gasteiger partial charge is 0.488 e. The summed E-state index contributed by atoms with van der Waals surface area (Å²) in [5.74, 6) is 0.689. The maximum Gasteiger partial charge on any atom is 0.255 e. The number of benzene rings is 2. The van der Waals surface area contributed by atoms with Crippen molar-refractivity contribution in [2.45, 2.75) is 25.0 Å². The molecular formula is C22H22FN3O3S. The van der Waals surface area contributed by atoms with Crippen molar-refractivity contribution in [3.05, 3.63) is 53.8 Å². The lowest BCUT2D eigenvalue weighted by atomic mass is 9.78. The van der Waals surface area contributed by atoms with Crippen molar-refractivity contribution in [1.29, 1.82) is 0 Å². The standard InChI is InChI=1S/C22H22FN3O3S/c23-14-4-6-15(7-5-14)29-19-9-13-11-26(10-12(13)8-18(19)27)21(28)16-2-1-3-17-20(16)30-22(24)25-17/h1-7,12-13,18-19,27H,8-11H2,(H2,24,25)/t12-,13+,18+,19+/m0/s1. The quantitative estimate of drug-likeness (QED) is 0.670. The van der Waals surface area contributed by atoms with Crippen LogP contribution in [0.4, 0.5) is 9.52 Å². The second-order valence-electron chi connectivity index (χ2n) is 8.09. The molecule has 4 atom stereocenters. The molecule has 1 aliphatic heterocycles. The topological polar surface area (TPSA) is 88.7 Å². The number of hydrogen-bond acceptors (Lipinski definition) is 6. The number of nitrogens with zero attached hydrogens (tertiary/aromatic N) is 2. The van der Waals surface area contributed by atoms with Crippen molar-refractivity contribution in [2.75, 3.05) is 18.8 Å². The summed E-state index contributed by atoms with van der Waals surface area (Å²) in [6, 6.07) is 11.3. The smallest absolute Gasteiger partial charge is 0.255 e. The Labute approximate surface area is 177 Å². The zero-order valence-corrected chi connectivity index (χ0v) is 17.0. The average molecular weight is 428 g/mol. The van der Waals surface area contributed by atoms with Gasteiger partial charge in [-0.3, -0.25) is 4.79 Å². The third-order valence-electron chi connectivity index (χ3n) is 6.14. The molecule has 1 saturated carbocycles. The number of halogens is 1. The Hall–Kier alpha value is -2.71. The van der Waals surface area contributed by atoms with Gasteiger partial charge >= 0.3 is 0 Å². The predicted octanol–water partition coefficient (Wildman–Crippen LogP) is 3.31. The van der Waals surface area contributed by atoms with Gasteiger partial charge in [-0.25, -0.2) is 9.37 Å². The van der Waals surface area contributed by atoms with Crippen LogP contribution in [0.1, 0.15) is 23.2 Å². The lowest BCUT2D eigenvalue weighted by Crippen LogP contribution is -2.42. The van der Waals surface area contributed by atoms with Crippen molar-refractivity contribution in [3.63, 3.8) is 0 Å². The minimum Gasteiger partial charge on any atom is -0.488 e. The fourth-order valence-electron chi connectivity index (χ4n) is 4.68. The van der Waals surface area contributed by atoms with Crippen LogP contribution in [0.25, 0.3) is 10.2 Å². The van der Waals surface area contributed by atoms with Crippen LogP contribution in [-0.2, 0) is 0 Å². The second-order valence-corrected chi connectivity index (χ2v) is 9.12. The summed E-state index contributed by atoms with van der Waals surface area (Å²) in [6.07, 6.45) is 0.260. The number of anilines is 1. The molecule has 3 N–H and O–H groups in total. The highest BCUT2D eigenvalue weighted by Crippen LogP contribution is 2.39. The van der Waals surface area contributed by atoms with Gasteiger partial charge in [0.25, 0.3) is 5.91 Å². The summed E-state index contributed by atoms with van der Waals surface area (Å²) in [4.78, 5) is 19.4. The Morgan fingerprint density at radius 2 is 1.90 bits per heavy atom. The molecule has 0 unspecified atom stereocenters. The van der Waals surface area contributed by atoms with Gasteiger partial charge in [0.2, 0.25) is 0 Å². The Morgan fingerprint density at radius 1 is 1.17 bits per heavy atom. The summed E-state index contributed by atoms with van der Waals surface area (Å²) in [5, 5.41) is 11.0. The van der Waals surface area contributed by atoms with Crippen LogP contribution in [0.5, 0.6) is 5.75 Å². The first-order valence-corrected chi connectivity index (χ1v) is 10.8. The van der Waals surface area contributed by atoms with Crippen LogP contribution in [0.2, 0.25) is 0 Å². The molecule has 1 aliphatic carbocycles. The molecule has 1 saturated heterocycles. The van der Waals surface area contributed by atoms with Gasteiger partial charge in [0.05, 0.1) is 21.9 Å². The number of carbonyl (C=O) groups excluding carboxylic acids is 1. The van der Waals surface area contributed by atoms with E-state index < -0.39 is 6.10 Å². The van der Waals surface area contributed by atoms with Gasteiger partial charge in [0, 0.05) is 13.1 Å². The number of hydrogen-bond donors (Lipinski definition) is 2. The molecule has 0 radical (unpaired) electrons. The molecule has 0 bridgehead atoms. The van der Waals surface area contributed by atoms with E-state index in [0.717, 1.165) is 10.2 Å². The van der Waals surface area contributed by atoms with Gasteiger partial charge in [-0.1, -0.05) is 17.4 Å². The third-order valence-corrected chi connectivity index (χ3v) is 7.07. The lowest BCUT2D eigenvalue weighted by Gasteiger charge is -2.35. The first-order valence-electron chi connectivity index (χ1n) is 10.0. The molecule has 6 nitrogen and oxygen atoms in total. The number of carbonyl (C=O) groups is 1. The number of aromatic nitrogens is 1. The molecule has 8 heteroatoms. The van der Waals surface area contributed by atoms with E-state index in [1.807, 2.05) is 23.1 Å². The minimum atomic E-state index is -0.615. The van der Waals surface area contributed by atoms with Crippen molar-refractivity contribution in [2.24, 2.45) is 11.8 Å². The highest BCUT2D eigenvalue weighted by atomic mass is 32.1. The molecule has 1 amide bonds. The number of aliphatic hydroxyl groups excluding tert-OH is 1. The Bertz CT molecular complexity index is 1090. The highest BCUT2D eigenvalue weighted by molar-refractivity contribution is 7.22. The van der Waals surface area contributed by atoms with E-state index in [-0.39, 0.29) is 29.7 Å². The van der Waals surface area contributed by atoms with E-state index in [0.29, 0.717) is 42.4 Å². The molecule has 2 aromatic carbocycles. The average Bonchev–Trinajstić information content (AvgIpc) is 3.31. The van der Waals surface area contributed by atoms with Crippen LogP contribution in [0.15, 0.2) is 42.5 Å². The first-order chi connectivity index (χ1) is 14.5. The van der Waals surface area contributed by atoms with Gasteiger partial charge in [0.15, 0.2) is 5.13 Å². The van der Waals surface area contributed by atoms with Gasteiger partial charge in [-0.05, 0) is 61.1 Å². The molecule has 156 valence electrons. The van der Waals surface area contributed by atoms with Crippen molar-refractivity contribution in [3.8, 4) is 5.75 Å². The van der Waals surface area contributed by atoms with E-state index in [1.165, 1.54) is 23.5 Å². The Morgan fingerprint density at radius 3 is 2.67 bits per heavy atom. The number of thiazole rings is 1. The number of amides is 1. The Kier molecular flexibility index (Phi) is 4.83. The number of fused-ring (bicyclic) bond motifs is 2. The van der Waals surface area contributed by atoms with Gasteiger partial charge in [0.1, 0.15) is 17.7 Å². The minimum absolute atomic E-state index is 0.0239. The van der Waals surface area contributed by atoms with Gasteiger partial charge in [-0.15, -0.1) is 0 Å². The third kappa shape index (κ3) is 3.50. The molecule has 3 aromatic rings. The van der Waals surface area contributed by atoms with Crippen molar-refractivity contribution < 1.29 is 19.0 Å².